The third-order valence-electron chi connectivity index (χ3n) is 8.48. The van der Waals surface area contributed by atoms with E-state index in [-0.39, 0.29) is 5.92 Å². The van der Waals surface area contributed by atoms with E-state index in [0.29, 0.717) is 17.5 Å². The van der Waals surface area contributed by atoms with Crippen molar-refractivity contribution in [3.63, 3.8) is 0 Å². The first-order valence-corrected chi connectivity index (χ1v) is 15.9. The first-order valence-electron chi connectivity index (χ1n) is 15.9. The molecular formula is C42H31N5. The first kappa shape index (κ1) is 28.4. The molecule has 3 heterocycles. The maximum absolute atomic E-state index is 5.32. The van der Waals surface area contributed by atoms with Crippen LogP contribution in [0.3, 0.4) is 0 Å². The molecule has 5 nitrogen and oxygen atoms in total. The second-order valence-corrected chi connectivity index (χ2v) is 11.9. The van der Waals surface area contributed by atoms with E-state index in [0.717, 1.165) is 55.4 Å². The normalized spacial score (nSPS) is 11.4. The SMILES string of the molecule is CC(C)c1cc(-c2ccccc2)c2ccc3ccc(-c4ccccc4-c4nc(-c5ccccc5)nc(-c5ccccc5)n4)nc3c2n1. The van der Waals surface area contributed by atoms with Crippen LogP contribution in [-0.2, 0) is 0 Å². The van der Waals surface area contributed by atoms with Gasteiger partial charge in [-0.15, -0.1) is 0 Å². The van der Waals surface area contributed by atoms with Gasteiger partial charge in [-0.3, -0.25) is 4.98 Å². The molecule has 0 aliphatic heterocycles. The molecule has 8 aromatic rings. The zero-order chi connectivity index (χ0) is 31.7. The fraction of sp³-hybridized carbons (Fsp3) is 0.0714. The van der Waals surface area contributed by atoms with Crippen LogP contribution in [0.25, 0.3) is 78.4 Å². The van der Waals surface area contributed by atoms with Gasteiger partial charge < -0.3 is 0 Å². The Morgan fingerprint density at radius 3 is 1.55 bits per heavy atom. The predicted octanol–water partition coefficient (Wildman–Crippen LogP) is 10.4. The topological polar surface area (TPSA) is 64.5 Å². The van der Waals surface area contributed by atoms with E-state index in [1.165, 1.54) is 11.1 Å². The lowest BCUT2D eigenvalue weighted by Gasteiger charge is -2.15. The van der Waals surface area contributed by atoms with Crippen LogP contribution in [0.5, 0.6) is 0 Å². The number of rotatable bonds is 6. The molecule has 0 fully saturated rings. The maximum Gasteiger partial charge on any atom is 0.164 e. The summed E-state index contributed by atoms with van der Waals surface area (Å²) in [6.07, 6.45) is 0. The number of pyridine rings is 2. The van der Waals surface area contributed by atoms with Crippen molar-refractivity contribution in [2.45, 2.75) is 19.8 Å². The molecule has 0 N–H and O–H groups in total. The number of benzene rings is 5. The highest BCUT2D eigenvalue weighted by molar-refractivity contribution is 6.09. The van der Waals surface area contributed by atoms with Gasteiger partial charge in [-0.2, -0.15) is 0 Å². The summed E-state index contributed by atoms with van der Waals surface area (Å²) >= 11 is 0. The molecule has 0 aliphatic carbocycles. The molecule has 0 saturated carbocycles. The van der Waals surface area contributed by atoms with Crippen LogP contribution in [0.4, 0.5) is 0 Å². The summed E-state index contributed by atoms with van der Waals surface area (Å²) in [4.78, 5) is 25.4. The fourth-order valence-electron chi connectivity index (χ4n) is 6.02. The van der Waals surface area contributed by atoms with Crippen molar-refractivity contribution in [2.24, 2.45) is 0 Å². The van der Waals surface area contributed by atoms with Crippen molar-refractivity contribution in [3.8, 4) is 56.5 Å². The minimum absolute atomic E-state index is 0.266. The summed E-state index contributed by atoms with van der Waals surface area (Å²) in [5.74, 6) is 2.11. The average Bonchev–Trinajstić information content (AvgIpc) is 3.15. The van der Waals surface area contributed by atoms with E-state index in [2.05, 4.69) is 86.6 Å². The molecule has 3 aromatic heterocycles. The van der Waals surface area contributed by atoms with Gasteiger partial charge in [-0.05, 0) is 29.2 Å². The second kappa shape index (κ2) is 12.0. The number of nitrogens with zero attached hydrogens (tertiary/aromatic N) is 5. The van der Waals surface area contributed by atoms with E-state index in [1.807, 2.05) is 72.8 Å². The minimum Gasteiger partial charge on any atom is -0.250 e. The Labute approximate surface area is 273 Å². The molecule has 0 spiro atoms. The molecule has 0 amide bonds. The van der Waals surface area contributed by atoms with Gasteiger partial charge in [0, 0.05) is 38.7 Å². The van der Waals surface area contributed by atoms with Crippen molar-refractivity contribution in [1.29, 1.82) is 0 Å². The van der Waals surface area contributed by atoms with Crippen molar-refractivity contribution >= 4 is 21.8 Å². The Hall–Kier alpha value is -6.07. The quantitative estimate of drug-likeness (QED) is 0.176. The van der Waals surface area contributed by atoms with Crippen molar-refractivity contribution < 1.29 is 0 Å². The van der Waals surface area contributed by atoms with Crippen molar-refractivity contribution in [1.82, 2.24) is 24.9 Å². The Bertz CT molecular complexity index is 2310. The molecule has 8 rings (SSSR count). The van der Waals surface area contributed by atoms with E-state index in [1.54, 1.807) is 0 Å². The van der Waals surface area contributed by atoms with Gasteiger partial charge in [-0.25, -0.2) is 19.9 Å². The number of fused-ring (bicyclic) bond motifs is 3. The Balaban J connectivity index is 1.34. The van der Waals surface area contributed by atoms with Gasteiger partial charge in [0.25, 0.3) is 0 Å². The molecular weight excluding hydrogens is 574 g/mol. The molecule has 0 radical (unpaired) electrons. The zero-order valence-corrected chi connectivity index (χ0v) is 26.2. The lowest BCUT2D eigenvalue weighted by molar-refractivity contribution is 0.831. The van der Waals surface area contributed by atoms with Crippen LogP contribution in [0.15, 0.2) is 146 Å². The summed E-state index contributed by atoms with van der Waals surface area (Å²) in [5.41, 5.74) is 9.69. The van der Waals surface area contributed by atoms with Gasteiger partial charge in [0.05, 0.1) is 16.7 Å². The van der Waals surface area contributed by atoms with E-state index < -0.39 is 0 Å². The second-order valence-electron chi connectivity index (χ2n) is 11.9. The number of aromatic nitrogens is 5. The first-order chi connectivity index (χ1) is 23.1. The summed E-state index contributed by atoms with van der Waals surface area (Å²) in [7, 11) is 0. The van der Waals surface area contributed by atoms with Gasteiger partial charge in [0.1, 0.15) is 0 Å². The minimum atomic E-state index is 0.266. The molecule has 0 atom stereocenters. The van der Waals surface area contributed by atoms with Crippen LogP contribution < -0.4 is 0 Å². The third-order valence-corrected chi connectivity index (χ3v) is 8.48. The largest absolute Gasteiger partial charge is 0.250 e. The van der Waals surface area contributed by atoms with E-state index in [9.17, 15) is 0 Å². The highest BCUT2D eigenvalue weighted by Crippen LogP contribution is 2.36. The zero-order valence-electron chi connectivity index (χ0n) is 26.2. The van der Waals surface area contributed by atoms with Crippen LogP contribution in [0, 0.1) is 0 Å². The number of hydrogen-bond donors (Lipinski definition) is 0. The van der Waals surface area contributed by atoms with Crippen LogP contribution in [0.2, 0.25) is 0 Å². The number of hydrogen-bond acceptors (Lipinski definition) is 5. The molecule has 224 valence electrons. The summed E-state index contributed by atoms with van der Waals surface area (Å²) in [6, 6.07) is 49.6. The lowest BCUT2D eigenvalue weighted by Crippen LogP contribution is -2.01. The van der Waals surface area contributed by atoms with Crippen molar-refractivity contribution in [3.05, 3.63) is 151 Å². The molecule has 0 saturated heterocycles. The maximum atomic E-state index is 5.32. The molecule has 5 heteroatoms. The van der Waals surface area contributed by atoms with Crippen LogP contribution in [0.1, 0.15) is 25.5 Å². The third kappa shape index (κ3) is 5.42. The van der Waals surface area contributed by atoms with Gasteiger partial charge in [-0.1, -0.05) is 147 Å². The fourth-order valence-corrected chi connectivity index (χ4v) is 6.02. The monoisotopic (exact) mass is 605 g/mol. The van der Waals surface area contributed by atoms with E-state index in [4.69, 9.17) is 24.9 Å². The highest BCUT2D eigenvalue weighted by atomic mass is 15.0. The summed E-state index contributed by atoms with van der Waals surface area (Å²) < 4.78 is 0. The Morgan fingerprint density at radius 2 is 0.936 bits per heavy atom. The van der Waals surface area contributed by atoms with Gasteiger partial charge >= 0.3 is 0 Å². The Kier molecular flexibility index (Phi) is 7.27. The summed E-state index contributed by atoms with van der Waals surface area (Å²) in [5, 5.41) is 2.13. The molecule has 0 unspecified atom stereocenters. The van der Waals surface area contributed by atoms with Gasteiger partial charge in [0.15, 0.2) is 17.5 Å². The van der Waals surface area contributed by atoms with Crippen LogP contribution in [-0.4, -0.2) is 24.9 Å². The lowest BCUT2D eigenvalue weighted by atomic mass is 9.96. The van der Waals surface area contributed by atoms with Crippen LogP contribution >= 0.6 is 0 Å². The van der Waals surface area contributed by atoms with E-state index >= 15 is 0 Å². The average molecular weight is 606 g/mol. The summed E-state index contributed by atoms with van der Waals surface area (Å²) in [6.45, 7) is 4.37. The smallest absolute Gasteiger partial charge is 0.164 e. The van der Waals surface area contributed by atoms with Gasteiger partial charge in [0.2, 0.25) is 0 Å². The Morgan fingerprint density at radius 1 is 0.404 bits per heavy atom. The van der Waals surface area contributed by atoms with Crippen molar-refractivity contribution in [2.75, 3.05) is 0 Å². The standard InChI is InChI=1S/C42H31N5/c1-27(2)37-26-35(28-14-6-3-7-15-28)33-24-22-29-23-25-36(43-38(29)39(33)44-37)32-20-12-13-21-34(32)42-46-40(30-16-8-4-9-17-30)45-41(47-42)31-18-10-5-11-19-31/h3-27H,1-2H3. The molecule has 47 heavy (non-hydrogen) atoms. The molecule has 0 aliphatic rings. The molecule has 0 bridgehead atoms. The highest BCUT2D eigenvalue weighted by Gasteiger charge is 2.18. The predicted molar refractivity (Wildman–Crippen MR) is 192 cm³/mol. The molecule has 5 aromatic carbocycles.